The molecule has 24 heavy (non-hydrogen) atoms. The Morgan fingerprint density at radius 1 is 1.29 bits per heavy atom. The molecule has 1 atom stereocenters. The van der Waals surface area contributed by atoms with Crippen molar-refractivity contribution in [3.63, 3.8) is 0 Å². The topological polar surface area (TPSA) is 83.4 Å². The van der Waals surface area contributed by atoms with Crippen molar-refractivity contribution in [3.8, 4) is 0 Å². The quantitative estimate of drug-likeness (QED) is 0.840. The predicted molar refractivity (Wildman–Crippen MR) is 90.5 cm³/mol. The van der Waals surface area contributed by atoms with Crippen LogP contribution < -0.4 is 10.6 Å². The van der Waals surface area contributed by atoms with Gasteiger partial charge in [0.05, 0.1) is 5.69 Å². The molecule has 2 heterocycles. The Labute approximate surface area is 139 Å². The lowest BCUT2D eigenvalue weighted by Gasteiger charge is -2.19. The molecule has 1 saturated heterocycles. The third-order valence-electron chi connectivity index (χ3n) is 4.56. The zero-order valence-electron chi connectivity index (χ0n) is 13.9. The minimum absolute atomic E-state index is 0.302. The number of fused-ring (bicyclic) bond motifs is 1. The van der Waals surface area contributed by atoms with Gasteiger partial charge in [0.1, 0.15) is 12.1 Å². The van der Waals surface area contributed by atoms with Gasteiger partial charge in [-0.2, -0.15) is 0 Å². The lowest BCUT2D eigenvalue weighted by atomic mass is 9.99. The van der Waals surface area contributed by atoms with E-state index in [1.54, 1.807) is 13.0 Å². The van der Waals surface area contributed by atoms with Gasteiger partial charge in [-0.3, -0.25) is 14.5 Å². The van der Waals surface area contributed by atoms with Gasteiger partial charge in [0, 0.05) is 24.1 Å². The van der Waals surface area contributed by atoms with E-state index in [4.69, 9.17) is 0 Å². The fourth-order valence-corrected chi connectivity index (χ4v) is 2.87. The van der Waals surface area contributed by atoms with Crippen LogP contribution >= 0.6 is 0 Å². The van der Waals surface area contributed by atoms with Crippen molar-refractivity contribution in [2.45, 2.75) is 25.8 Å². The van der Waals surface area contributed by atoms with Crippen molar-refractivity contribution in [2.75, 3.05) is 11.9 Å². The van der Waals surface area contributed by atoms with E-state index in [0.29, 0.717) is 12.1 Å². The van der Waals surface area contributed by atoms with Gasteiger partial charge >= 0.3 is 6.03 Å². The molecule has 2 N–H and O–H groups in total. The van der Waals surface area contributed by atoms with Crippen molar-refractivity contribution in [1.82, 2.24) is 14.8 Å². The summed E-state index contributed by atoms with van der Waals surface area (Å²) in [7, 11) is 1.92. The van der Waals surface area contributed by atoms with E-state index in [9.17, 15) is 14.4 Å². The zero-order chi connectivity index (χ0) is 17.5. The van der Waals surface area contributed by atoms with Crippen LogP contribution in [0.5, 0.6) is 0 Å². The van der Waals surface area contributed by atoms with Crippen LogP contribution in [0.2, 0.25) is 0 Å². The lowest BCUT2D eigenvalue weighted by Crippen LogP contribution is -2.44. The summed E-state index contributed by atoms with van der Waals surface area (Å²) >= 11 is 0. The van der Waals surface area contributed by atoms with Crippen LogP contribution in [-0.4, -0.2) is 39.4 Å². The van der Waals surface area contributed by atoms with Gasteiger partial charge in [-0.1, -0.05) is 13.0 Å². The Bertz CT molecular complexity index is 841. The average Bonchev–Trinajstić information content (AvgIpc) is 3.02. The van der Waals surface area contributed by atoms with Crippen molar-refractivity contribution < 1.29 is 14.4 Å². The highest BCUT2D eigenvalue weighted by Gasteiger charge is 2.46. The molecule has 7 nitrogen and oxygen atoms in total. The first-order chi connectivity index (χ1) is 11.4. The van der Waals surface area contributed by atoms with Gasteiger partial charge in [-0.05, 0) is 31.5 Å². The Hall–Kier alpha value is -2.83. The lowest BCUT2D eigenvalue weighted by molar-refractivity contribution is -0.133. The molecule has 4 amide bonds. The Morgan fingerprint density at radius 3 is 2.71 bits per heavy atom. The number of hydrogen-bond acceptors (Lipinski definition) is 3. The van der Waals surface area contributed by atoms with E-state index in [0.717, 1.165) is 15.8 Å². The number of amides is 4. The first kappa shape index (κ1) is 16.0. The highest BCUT2D eigenvalue weighted by molar-refractivity contribution is 6.10. The van der Waals surface area contributed by atoms with Gasteiger partial charge in [0.25, 0.3) is 5.91 Å². The van der Waals surface area contributed by atoms with E-state index in [1.807, 2.05) is 42.9 Å². The molecule has 1 fully saturated rings. The van der Waals surface area contributed by atoms with Crippen LogP contribution in [0.1, 0.15) is 20.3 Å². The summed E-state index contributed by atoms with van der Waals surface area (Å²) < 4.78 is 1.95. The number of imide groups is 1. The molecule has 0 spiro atoms. The van der Waals surface area contributed by atoms with Crippen LogP contribution in [0.15, 0.2) is 30.5 Å². The maximum absolute atomic E-state index is 12.3. The van der Waals surface area contributed by atoms with E-state index >= 15 is 0 Å². The molecule has 0 saturated carbocycles. The van der Waals surface area contributed by atoms with Gasteiger partial charge in [-0.15, -0.1) is 0 Å². The zero-order valence-corrected chi connectivity index (χ0v) is 13.9. The van der Waals surface area contributed by atoms with Crippen LogP contribution in [0.4, 0.5) is 10.5 Å². The smallest absolute Gasteiger partial charge is 0.325 e. The van der Waals surface area contributed by atoms with E-state index in [-0.39, 0.29) is 12.5 Å². The maximum atomic E-state index is 12.3. The number of benzene rings is 1. The molecule has 126 valence electrons. The first-order valence-corrected chi connectivity index (χ1v) is 7.84. The predicted octanol–water partition coefficient (Wildman–Crippen LogP) is 1.84. The molecule has 1 aromatic carbocycles. The first-order valence-electron chi connectivity index (χ1n) is 7.84. The second kappa shape index (κ2) is 5.67. The second-order valence-corrected chi connectivity index (χ2v) is 6.22. The molecule has 3 rings (SSSR count). The molecular weight excluding hydrogens is 308 g/mol. The molecule has 1 unspecified atom stereocenters. The van der Waals surface area contributed by atoms with Crippen molar-refractivity contribution in [3.05, 3.63) is 30.5 Å². The second-order valence-electron chi connectivity index (χ2n) is 6.22. The van der Waals surface area contributed by atoms with E-state index in [2.05, 4.69) is 10.6 Å². The number of aromatic nitrogens is 1. The summed E-state index contributed by atoms with van der Waals surface area (Å²) in [4.78, 5) is 37.6. The van der Waals surface area contributed by atoms with Crippen molar-refractivity contribution in [2.24, 2.45) is 7.05 Å². The Balaban J connectivity index is 1.76. The molecule has 0 aliphatic carbocycles. The van der Waals surface area contributed by atoms with Crippen LogP contribution in [-0.2, 0) is 16.6 Å². The van der Waals surface area contributed by atoms with Gasteiger partial charge < -0.3 is 15.2 Å². The minimum atomic E-state index is -0.934. The Morgan fingerprint density at radius 2 is 2.04 bits per heavy atom. The van der Waals surface area contributed by atoms with Gasteiger partial charge in [0.2, 0.25) is 5.91 Å². The van der Waals surface area contributed by atoms with Crippen LogP contribution in [0.25, 0.3) is 10.9 Å². The fraction of sp³-hybridized carbons (Fsp3) is 0.353. The maximum Gasteiger partial charge on any atom is 0.325 e. The number of carbonyl (C=O) groups excluding carboxylic acids is 3. The number of nitrogens with one attached hydrogen (secondary N) is 2. The van der Waals surface area contributed by atoms with Crippen LogP contribution in [0.3, 0.4) is 0 Å². The molecule has 0 bridgehead atoms. The number of aryl methyl sites for hydroxylation is 1. The molecule has 1 aliphatic rings. The number of hydrogen-bond donors (Lipinski definition) is 2. The SMILES string of the molecule is CCC1(C)NC(=O)N(CC(=O)Nc2cccc3c2ccn3C)C1=O. The van der Waals surface area contributed by atoms with Crippen molar-refractivity contribution in [1.29, 1.82) is 0 Å². The third-order valence-corrected chi connectivity index (χ3v) is 4.56. The van der Waals surface area contributed by atoms with E-state index in [1.165, 1.54) is 0 Å². The summed E-state index contributed by atoms with van der Waals surface area (Å²) in [5.74, 6) is -0.779. The average molecular weight is 328 g/mol. The minimum Gasteiger partial charge on any atom is -0.350 e. The summed E-state index contributed by atoms with van der Waals surface area (Å²) in [5, 5.41) is 6.33. The van der Waals surface area contributed by atoms with Crippen molar-refractivity contribution >= 4 is 34.4 Å². The highest BCUT2D eigenvalue weighted by Crippen LogP contribution is 2.24. The third kappa shape index (κ3) is 2.51. The molecular formula is C17H20N4O3. The summed E-state index contributed by atoms with van der Waals surface area (Å²) in [6.45, 7) is 3.18. The van der Waals surface area contributed by atoms with Gasteiger partial charge in [-0.25, -0.2) is 4.79 Å². The molecule has 1 aromatic heterocycles. The molecule has 0 radical (unpaired) electrons. The summed E-state index contributed by atoms with van der Waals surface area (Å²) in [6, 6.07) is 6.97. The monoisotopic (exact) mass is 328 g/mol. The van der Waals surface area contributed by atoms with Crippen LogP contribution in [0, 0.1) is 0 Å². The number of carbonyl (C=O) groups is 3. The summed E-state index contributed by atoms with van der Waals surface area (Å²) in [5.41, 5.74) is 0.710. The normalized spacial score (nSPS) is 20.5. The standard InChI is InChI=1S/C17H20N4O3/c1-4-17(2)15(23)21(16(24)19-17)10-14(22)18-12-6-5-7-13-11(12)8-9-20(13)3/h5-9H,4,10H2,1-3H3,(H,18,22)(H,19,24). The number of rotatable bonds is 4. The number of urea groups is 1. The number of nitrogens with zero attached hydrogens (tertiary/aromatic N) is 2. The van der Waals surface area contributed by atoms with Gasteiger partial charge in [0.15, 0.2) is 0 Å². The number of anilines is 1. The van der Waals surface area contributed by atoms with E-state index < -0.39 is 17.5 Å². The highest BCUT2D eigenvalue weighted by atomic mass is 16.2. The Kier molecular flexibility index (Phi) is 3.79. The fourth-order valence-electron chi connectivity index (χ4n) is 2.87. The summed E-state index contributed by atoms with van der Waals surface area (Å²) in [6.07, 6.45) is 2.38. The molecule has 1 aliphatic heterocycles. The molecule has 7 heteroatoms. The molecule has 2 aromatic rings. The largest absolute Gasteiger partial charge is 0.350 e.